The van der Waals surface area contributed by atoms with E-state index >= 15 is 0 Å². The van der Waals surface area contributed by atoms with Crippen LogP contribution in [0.3, 0.4) is 0 Å². The molecule has 0 aliphatic rings. The van der Waals surface area contributed by atoms with E-state index < -0.39 is 0 Å². The highest BCUT2D eigenvalue weighted by atomic mass is 19.1. The highest BCUT2D eigenvalue weighted by molar-refractivity contribution is 5.92. The molecule has 1 heterocycles. The van der Waals surface area contributed by atoms with Crippen LogP contribution in [0.2, 0.25) is 0 Å². The van der Waals surface area contributed by atoms with Crippen LogP contribution in [-0.2, 0) is 11.2 Å². The van der Waals surface area contributed by atoms with Crippen molar-refractivity contribution < 1.29 is 18.4 Å². The topological polar surface area (TPSA) is 77.2 Å². The van der Waals surface area contributed by atoms with E-state index in [1.165, 1.54) is 12.1 Å². The first-order chi connectivity index (χ1) is 12.2. The molecular formula is C18H16FN3O3. The van der Waals surface area contributed by atoms with E-state index in [2.05, 4.69) is 15.5 Å². The van der Waals surface area contributed by atoms with E-state index in [-0.39, 0.29) is 18.1 Å². The fourth-order valence-corrected chi connectivity index (χ4v) is 2.25. The van der Waals surface area contributed by atoms with Crippen molar-refractivity contribution in [2.45, 2.75) is 12.8 Å². The van der Waals surface area contributed by atoms with Gasteiger partial charge >= 0.3 is 0 Å². The number of carbonyl (C=O) groups excluding carboxylic acids is 1. The smallest absolute Gasteiger partial charge is 0.227 e. The van der Waals surface area contributed by atoms with Gasteiger partial charge in [0.15, 0.2) is 0 Å². The summed E-state index contributed by atoms with van der Waals surface area (Å²) in [7, 11) is 1.54. The second kappa shape index (κ2) is 7.57. The molecule has 6 nitrogen and oxygen atoms in total. The van der Waals surface area contributed by atoms with Gasteiger partial charge in [0.1, 0.15) is 11.6 Å². The molecule has 0 aliphatic heterocycles. The number of aryl methyl sites for hydroxylation is 1. The Hall–Kier alpha value is -3.22. The molecule has 3 rings (SSSR count). The first-order valence-corrected chi connectivity index (χ1v) is 7.67. The van der Waals surface area contributed by atoms with Gasteiger partial charge in [0, 0.05) is 18.4 Å². The van der Waals surface area contributed by atoms with Gasteiger partial charge in [-0.1, -0.05) is 17.3 Å². The third kappa shape index (κ3) is 4.20. The first-order valence-electron chi connectivity index (χ1n) is 7.67. The minimum atomic E-state index is -0.333. The van der Waals surface area contributed by atoms with Crippen molar-refractivity contribution in [1.29, 1.82) is 0 Å². The number of nitrogens with zero attached hydrogens (tertiary/aromatic N) is 2. The van der Waals surface area contributed by atoms with Crippen LogP contribution in [0, 0.1) is 5.82 Å². The van der Waals surface area contributed by atoms with Gasteiger partial charge in [-0.25, -0.2) is 4.39 Å². The monoisotopic (exact) mass is 341 g/mol. The number of ether oxygens (including phenoxy) is 1. The lowest BCUT2D eigenvalue weighted by molar-refractivity contribution is -0.116. The number of amides is 1. The summed E-state index contributed by atoms with van der Waals surface area (Å²) in [5.74, 6) is 0.772. The molecule has 128 valence electrons. The highest BCUT2D eigenvalue weighted by Gasteiger charge is 2.12. The number of hydrogen-bond acceptors (Lipinski definition) is 5. The van der Waals surface area contributed by atoms with Crippen LogP contribution in [0.4, 0.5) is 10.1 Å². The molecule has 0 spiro atoms. The van der Waals surface area contributed by atoms with Gasteiger partial charge < -0.3 is 14.6 Å². The fourth-order valence-electron chi connectivity index (χ4n) is 2.25. The molecule has 1 amide bonds. The molecule has 0 bridgehead atoms. The van der Waals surface area contributed by atoms with Crippen molar-refractivity contribution in [2.75, 3.05) is 12.4 Å². The van der Waals surface area contributed by atoms with E-state index in [0.29, 0.717) is 35.1 Å². The lowest BCUT2D eigenvalue weighted by Crippen LogP contribution is -2.13. The number of halogens is 1. The predicted molar refractivity (Wildman–Crippen MR) is 89.6 cm³/mol. The van der Waals surface area contributed by atoms with E-state index in [0.717, 1.165) is 0 Å². The molecule has 1 N–H and O–H groups in total. The number of rotatable bonds is 6. The Balaban J connectivity index is 1.58. The van der Waals surface area contributed by atoms with Crippen LogP contribution >= 0.6 is 0 Å². The largest absolute Gasteiger partial charge is 0.495 e. The number of methoxy groups -OCH3 is 1. The van der Waals surface area contributed by atoms with Crippen LogP contribution in [0.15, 0.2) is 53.1 Å². The van der Waals surface area contributed by atoms with Crippen LogP contribution in [0.1, 0.15) is 12.3 Å². The van der Waals surface area contributed by atoms with Crippen molar-refractivity contribution in [1.82, 2.24) is 10.1 Å². The molecule has 0 aliphatic carbocycles. The second-order valence-corrected chi connectivity index (χ2v) is 5.27. The maximum Gasteiger partial charge on any atom is 0.227 e. The Bertz CT molecular complexity index is 862. The summed E-state index contributed by atoms with van der Waals surface area (Å²) in [5.41, 5.74) is 1.25. The van der Waals surface area contributed by atoms with Crippen molar-refractivity contribution in [3.05, 3.63) is 60.2 Å². The quantitative estimate of drug-likeness (QED) is 0.743. The minimum absolute atomic E-state index is 0.184. The molecule has 2 aromatic carbocycles. The Morgan fingerprint density at radius 1 is 1.20 bits per heavy atom. The fraction of sp³-hybridized carbons (Fsp3) is 0.167. The van der Waals surface area contributed by atoms with Gasteiger partial charge in [0.25, 0.3) is 0 Å². The number of hydrogen-bond donors (Lipinski definition) is 1. The molecular weight excluding hydrogens is 325 g/mol. The van der Waals surface area contributed by atoms with Crippen molar-refractivity contribution in [3.8, 4) is 17.1 Å². The lowest BCUT2D eigenvalue weighted by atomic mass is 10.2. The van der Waals surface area contributed by atoms with Crippen molar-refractivity contribution in [2.24, 2.45) is 0 Å². The standard InChI is InChI=1S/C18H16FN3O3/c1-24-15-5-3-2-4-14(15)20-16(23)10-11-17-21-18(22-25-17)12-6-8-13(19)9-7-12/h2-9H,10-11H2,1H3,(H,20,23). The lowest BCUT2D eigenvalue weighted by Gasteiger charge is -2.08. The van der Waals surface area contributed by atoms with E-state index in [1.54, 1.807) is 31.4 Å². The summed E-state index contributed by atoms with van der Waals surface area (Å²) in [6.07, 6.45) is 0.484. The molecule has 0 atom stereocenters. The zero-order chi connectivity index (χ0) is 17.6. The van der Waals surface area contributed by atoms with E-state index in [4.69, 9.17) is 9.26 Å². The van der Waals surface area contributed by atoms with E-state index in [1.807, 2.05) is 12.1 Å². The maximum atomic E-state index is 12.9. The number of nitrogens with one attached hydrogen (secondary N) is 1. The number of benzene rings is 2. The SMILES string of the molecule is COc1ccccc1NC(=O)CCc1nc(-c2ccc(F)cc2)no1. The summed E-state index contributed by atoms with van der Waals surface area (Å²) in [6, 6.07) is 12.9. The number of para-hydroxylation sites is 2. The van der Waals surface area contributed by atoms with Gasteiger partial charge in [0.2, 0.25) is 17.6 Å². The zero-order valence-electron chi connectivity index (χ0n) is 13.5. The van der Waals surface area contributed by atoms with Crippen LogP contribution in [0.5, 0.6) is 5.75 Å². The molecule has 0 radical (unpaired) electrons. The minimum Gasteiger partial charge on any atom is -0.495 e. The predicted octanol–water partition coefficient (Wildman–Crippen LogP) is 3.46. The van der Waals surface area contributed by atoms with Gasteiger partial charge in [-0.3, -0.25) is 4.79 Å². The Labute approximate surface area is 143 Å². The average Bonchev–Trinajstić information content (AvgIpc) is 3.10. The summed E-state index contributed by atoms with van der Waals surface area (Å²) >= 11 is 0. The summed E-state index contributed by atoms with van der Waals surface area (Å²) in [5, 5.41) is 6.63. The second-order valence-electron chi connectivity index (χ2n) is 5.27. The third-order valence-electron chi connectivity index (χ3n) is 3.52. The number of carbonyl (C=O) groups is 1. The number of aromatic nitrogens is 2. The molecule has 3 aromatic rings. The molecule has 1 aromatic heterocycles. The van der Waals surface area contributed by atoms with Gasteiger partial charge in [0.05, 0.1) is 12.8 Å². The molecule has 0 saturated carbocycles. The Morgan fingerprint density at radius 2 is 1.96 bits per heavy atom. The Morgan fingerprint density at radius 3 is 2.72 bits per heavy atom. The first kappa shape index (κ1) is 16.6. The maximum absolute atomic E-state index is 12.9. The van der Waals surface area contributed by atoms with Crippen LogP contribution < -0.4 is 10.1 Å². The van der Waals surface area contributed by atoms with Gasteiger partial charge in [-0.2, -0.15) is 4.98 Å². The normalized spacial score (nSPS) is 10.5. The summed E-state index contributed by atoms with van der Waals surface area (Å²) in [4.78, 5) is 16.3. The van der Waals surface area contributed by atoms with E-state index in [9.17, 15) is 9.18 Å². The van der Waals surface area contributed by atoms with Gasteiger partial charge in [-0.15, -0.1) is 0 Å². The molecule has 0 unspecified atom stereocenters. The summed E-state index contributed by atoms with van der Waals surface area (Å²) in [6.45, 7) is 0. The van der Waals surface area contributed by atoms with Crippen LogP contribution in [-0.4, -0.2) is 23.2 Å². The molecule has 0 fully saturated rings. The summed E-state index contributed by atoms with van der Waals surface area (Å²) < 4.78 is 23.3. The molecule has 0 saturated heterocycles. The van der Waals surface area contributed by atoms with Gasteiger partial charge in [-0.05, 0) is 36.4 Å². The zero-order valence-corrected chi connectivity index (χ0v) is 13.5. The highest BCUT2D eigenvalue weighted by Crippen LogP contribution is 2.23. The third-order valence-corrected chi connectivity index (χ3v) is 3.52. The molecule has 7 heteroatoms. The van der Waals surface area contributed by atoms with Crippen molar-refractivity contribution >= 4 is 11.6 Å². The average molecular weight is 341 g/mol. The Kier molecular flexibility index (Phi) is 5.03. The molecule has 25 heavy (non-hydrogen) atoms. The van der Waals surface area contributed by atoms with Crippen molar-refractivity contribution in [3.63, 3.8) is 0 Å². The number of anilines is 1. The van der Waals surface area contributed by atoms with Crippen LogP contribution in [0.25, 0.3) is 11.4 Å².